The molecule has 1 unspecified atom stereocenters. The van der Waals surface area contributed by atoms with E-state index >= 15 is 0 Å². The van der Waals surface area contributed by atoms with Crippen LogP contribution < -0.4 is 15.0 Å². The number of halogens is 1. The molecule has 0 bridgehead atoms. The molecule has 0 aromatic heterocycles. The molecule has 5 rings (SSSR count). The zero-order valence-electron chi connectivity index (χ0n) is 20.8. The van der Waals surface area contributed by atoms with Gasteiger partial charge in [-0.1, -0.05) is 49.4 Å². The number of amides is 2. The minimum Gasteiger partial charge on any atom is -0.449 e. The Bertz CT molecular complexity index is 1320. The van der Waals surface area contributed by atoms with E-state index in [1.165, 1.54) is 17.4 Å². The van der Waals surface area contributed by atoms with Gasteiger partial charge in [0.2, 0.25) is 0 Å². The molecule has 0 spiro atoms. The van der Waals surface area contributed by atoms with E-state index in [2.05, 4.69) is 17.1 Å². The van der Waals surface area contributed by atoms with Gasteiger partial charge in [-0.2, -0.15) is 0 Å². The lowest BCUT2D eigenvalue weighted by Gasteiger charge is -2.30. The Labute approximate surface area is 216 Å². The summed E-state index contributed by atoms with van der Waals surface area (Å²) in [6.07, 6.45) is 3.92. The number of nitrogens with one attached hydrogen (secondary N) is 1. The van der Waals surface area contributed by atoms with Gasteiger partial charge in [-0.15, -0.1) is 0 Å². The molecule has 6 nitrogen and oxygen atoms in total. The number of likely N-dealkylation sites (tertiary alicyclic amines) is 1. The standard InChI is InChI=1S/C30H30FN3O3/c1-2-33-17-7-9-24(33)19-32-29(35)22-15-13-21(14-16-22)18-28-30(36)34(20-23-8-3-4-10-25(23)31)26-11-5-6-12-27(26)37-28/h3-6,8,10-16,18,24H,2,7,9,17,19-20H2,1H3,(H,32,35)/b28-18-. The first-order chi connectivity index (χ1) is 18.0. The molecule has 0 radical (unpaired) electrons. The van der Waals surface area contributed by atoms with Crippen molar-refractivity contribution in [2.24, 2.45) is 0 Å². The zero-order valence-corrected chi connectivity index (χ0v) is 20.8. The first-order valence-electron chi connectivity index (χ1n) is 12.7. The summed E-state index contributed by atoms with van der Waals surface area (Å²) >= 11 is 0. The number of nitrogens with zero attached hydrogens (tertiary/aromatic N) is 2. The summed E-state index contributed by atoms with van der Waals surface area (Å²) in [5.41, 5.74) is 2.29. The maximum atomic E-state index is 14.4. The number of fused-ring (bicyclic) bond motifs is 1. The predicted molar refractivity (Wildman–Crippen MR) is 142 cm³/mol. The first-order valence-corrected chi connectivity index (χ1v) is 12.7. The number of ether oxygens (including phenoxy) is 1. The third-order valence-corrected chi connectivity index (χ3v) is 6.99. The Balaban J connectivity index is 1.32. The number of para-hydroxylation sites is 2. The van der Waals surface area contributed by atoms with Crippen LogP contribution in [0.5, 0.6) is 5.75 Å². The Morgan fingerprint density at radius 1 is 1.08 bits per heavy atom. The van der Waals surface area contributed by atoms with Crippen molar-refractivity contribution in [1.29, 1.82) is 0 Å². The number of rotatable bonds is 7. The summed E-state index contributed by atoms with van der Waals surface area (Å²) in [6, 6.07) is 21.1. The summed E-state index contributed by atoms with van der Waals surface area (Å²) in [5.74, 6) is -0.186. The van der Waals surface area contributed by atoms with Crippen LogP contribution in [0.3, 0.4) is 0 Å². The van der Waals surface area contributed by atoms with Gasteiger partial charge in [-0.05, 0) is 67.9 Å². The van der Waals surface area contributed by atoms with Gasteiger partial charge >= 0.3 is 0 Å². The van der Waals surface area contributed by atoms with E-state index < -0.39 is 0 Å². The lowest BCUT2D eigenvalue weighted by molar-refractivity contribution is -0.117. The van der Waals surface area contributed by atoms with Gasteiger partial charge in [0.1, 0.15) is 5.82 Å². The molecule has 0 aliphatic carbocycles. The van der Waals surface area contributed by atoms with E-state index in [4.69, 9.17) is 4.74 Å². The summed E-state index contributed by atoms with van der Waals surface area (Å²) in [5, 5.41) is 3.05. The van der Waals surface area contributed by atoms with E-state index in [0.717, 1.165) is 25.1 Å². The first kappa shape index (κ1) is 24.7. The molecule has 1 N–H and O–H groups in total. The Hall–Kier alpha value is -3.97. The van der Waals surface area contributed by atoms with Crippen molar-refractivity contribution in [3.63, 3.8) is 0 Å². The van der Waals surface area contributed by atoms with Crippen molar-refractivity contribution in [2.75, 3.05) is 24.5 Å². The number of carbonyl (C=O) groups excluding carboxylic acids is 2. The maximum absolute atomic E-state index is 14.4. The fourth-order valence-corrected chi connectivity index (χ4v) is 4.95. The second-order valence-corrected chi connectivity index (χ2v) is 9.32. The monoisotopic (exact) mass is 499 g/mol. The van der Waals surface area contributed by atoms with Crippen LogP contribution >= 0.6 is 0 Å². The normalized spacial score (nSPS) is 18.5. The molecule has 2 heterocycles. The number of hydrogen-bond acceptors (Lipinski definition) is 4. The van der Waals surface area contributed by atoms with Crippen molar-refractivity contribution in [2.45, 2.75) is 32.4 Å². The van der Waals surface area contributed by atoms with Crippen LogP contribution in [0.25, 0.3) is 6.08 Å². The average molecular weight is 500 g/mol. The molecule has 1 saturated heterocycles. The van der Waals surface area contributed by atoms with Crippen molar-refractivity contribution < 1.29 is 18.7 Å². The molecule has 190 valence electrons. The quantitative estimate of drug-likeness (QED) is 0.465. The number of likely N-dealkylation sites (N-methyl/N-ethyl adjacent to an activating group) is 1. The van der Waals surface area contributed by atoms with E-state index in [1.54, 1.807) is 60.7 Å². The Morgan fingerprint density at radius 2 is 1.84 bits per heavy atom. The predicted octanol–water partition coefficient (Wildman–Crippen LogP) is 5.01. The molecule has 2 aliphatic rings. The second kappa shape index (κ2) is 11.0. The van der Waals surface area contributed by atoms with Crippen molar-refractivity contribution in [1.82, 2.24) is 10.2 Å². The zero-order chi connectivity index (χ0) is 25.8. The minimum atomic E-state index is -0.367. The van der Waals surface area contributed by atoms with E-state index in [0.29, 0.717) is 35.2 Å². The van der Waals surface area contributed by atoms with E-state index in [9.17, 15) is 14.0 Å². The van der Waals surface area contributed by atoms with Gasteiger partial charge in [0, 0.05) is 23.7 Å². The van der Waals surface area contributed by atoms with Gasteiger partial charge < -0.3 is 10.1 Å². The Morgan fingerprint density at radius 3 is 2.62 bits per heavy atom. The highest BCUT2D eigenvalue weighted by Gasteiger charge is 2.31. The number of benzene rings is 3. The van der Waals surface area contributed by atoms with Gasteiger partial charge in [-0.3, -0.25) is 19.4 Å². The third-order valence-electron chi connectivity index (χ3n) is 6.99. The van der Waals surface area contributed by atoms with Crippen LogP contribution in [0.1, 0.15) is 41.3 Å². The maximum Gasteiger partial charge on any atom is 0.294 e. The molecule has 3 aromatic carbocycles. The van der Waals surface area contributed by atoms with E-state index in [-0.39, 0.29) is 29.9 Å². The lowest BCUT2D eigenvalue weighted by Crippen LogP contribution is -2.40. The molecule has 2 amide bonds. The second-order valence-electron chi connectivity index (χ2n) is 9.32. The molecular weight excluding hydrogens is 469 g/mol. The molecule has 1 atom stereocenters. The minimum absolute atomic E-state index is 0.0821. The van der Waals surface area contributed by atoms with Crippen LogP contribution in [0.15, 0.2) is 78.6 Å². The van der Waals surface area contributed by atoms with Crippen molar-refractivity contribution in [3.05, 3.63) is 101 Å². The highest BCUT2D eigenvalue weighted by atomic mass is 19.1. The van der Waals surface area contributed by atoms with Crippen LogP contribution in [-0.4, -0.2) is 42.4 Å². The van der Waals surface area contributed by atoms with Gasteiger partial charge in [0.15, 0.2) is 11.5 Å². The van der Waals surface area contributed by atoms with Gasteiger partial charge in [0.05, 0.1) is 12.2 Å². The van der Waals surface area contributed by atoms with Crippen LogP contribution in [-0.2, 0) is 11.3 Å². The largest absolute Gasteiger partial charge is 0.449 e. The SMILES string of the molecule is CCN1CCCC1CNC(=O)c1ccc(/C=C2\Oc3ccccc3N(Cc3ccccc3F)C2=O)cc1. The molecule has 3 aromatic rings. The fraction of sp³-hybridized carbons (Fsp3) is 0.267. The molecule has 0 saturated carbocycles. The Kier molecular flexibility index (Phi) is 7.32. The number of hydrogen-bond donors (Lipinski definition) is 1. The number of carbonyl (C=O) groups is 2. The molecule has 37 heavy (non-hydrogen) atoms. The summed E-state index contributed by atoms with van der Waals surface area (Å²) in [6.45, 7) is 4.94. The van der Waals surface area contributed by atoms with Crippen LogP contribution in [0.2, 0.25) is 0 Å². The van der Waals surface area contributed by atoms with Gasteiger partial charge in [0.25, 0.3) is 11.8 Å². The van der Waals surface area contributed by atoms with Crippen LogP contribution in [0, 0.1) is 5.82 Å². The summed E-state index contributed by atoms with van der Waals surface area (Å²) in [4.78, 5) is 30.0. The summed E-state index contributed by atoms with van der Waals surface area (Å²) < 4.78 is 20.3. The third kappa shape index (κ3) is 5.42. The summed E-state index contributed by atoms with van der Waals surface area (Å²) in [7, 11) is 0. The average Bonchev–Trinajstić information content (AvgIpc) is 3.39. The fourth-order valence-electron chi connectivity index (χ4n) is 4.95. The molecule has 1 fully saturated rings. The highest BCUT2D eigenvalue weighted by Crippen LogP contribution is 2.36. The van der Waals surface area contributed by atoms with Crippen LogP contribution in [0.4, 0.5) is 10.1 Å². The highest BCUT2D eigenvalue weighted by molar-refractivity contribution is 6.09. The van der Waals surface area contributed by atoms with Gasteiger partial charge in [-0.25, -0.2) is 4.39 Å². The lowest BCUT2D eigenvalue weighted by atomic mass is 10.1. The van der Waals surface area contributed by atoms with Crippen molar-refractivity contribution in [3.8, 4) is 5.75 Å². The van der Waals surface area contributed by atoms with E-state index in [1.807, 2.05) is 12.1 Å². The molecule has 7 heteroatoms. The number of anilines is 1. The molecule has 2 aliphatic heterocycles. The van der Waals surface area contributed by atoms with Crippen molar-refractivity contribution >= 4 is 23.6 Å². The topological polar surface area (TPSA) is 61.9 Å². The molecular formula is C30H30FN3O3. The smallest absolute Gasteiger partial charge is 0.294 e.